The Hall–Kier alpha value is -6.23. The molecular formula is C51H56N4O11. The van der Waals surface area contributed by atoms with Crippen molar-refractivity contribution in [2.75, 3.05) is 20.7 Å². The molecule has 4 aromatic rings. The number of hydrogen-bond donors (Lipinski definition) is 3. The van der Waals surface area contributed by atoms with Crippen LogP contribution < -0.4 is 10.6 Å². The third-order valence-electron chi connectivity index (χ3n) is 12.3. The van der Waals surface area contributed by atoms with Crippen molar-refractivity contribution in [1.82, 2.24) is 20.6 Å². The van der Waals surface area contributed by atoms with Gasteiger partial charge in [-0.05, 0) is 62.1 Å². The van der Waals surface area contributed by atoms with E-state index in [2.05, 4.69) is 10.6 Å². The topological polar surface area (TPSA) is 182 Å². The SMILES string of the molecule is CN(C)C(=O)C=Cc1cccc(CN2O[C@@H]3[C@H]4OC(c5ccccc5)(c5ccccc5)O[C@H]4[C@H]4C[C@]3(C(=O)NCc3cccc(C(=O)N[C@H](CO)CCC(=O)OC(C)(C)C)c3)[C@@H]2C(=O)O4)c1. The van der Waals surface area contributed by atoms with Crippen LogP contribution in [0.4, 0.5) is 0 Å². The largest absolute Gasteiger partial charge is 0.460 e. The van der Waals surface area contributed by atoms with Crippen molar-refractivity contribution in [2.24, 2.45) is 5.41 Å². The predicted octanol–water partition coefficient (Wildman–Crippen LogP) is 4.80. The molecular weight excluding hydrogens is 845 g/mol. The van der Waals surface area contributed by atoms with Gasteiger partial charge in [-0.1, -0.05) is 97.1 Å². The molecule has 4 aliphatic rings. The Labute approximate surface area is 383 Å². The number of carbonyl (C=O) groups is 5. The molecule has 0 spiro atoms. The van der Waals surface area contributed by atoms with Crippen molar-refractivity contribution in [3.63, 3.8) is 0 Å². The second-order valence-corrected chi connectivity index (χ2v) is 18.4. The first-order valence-electron chi connectivity index (χ1n) is 22.2. The van der Waals surface area contributed by atoms with Gasteiger partial charge < -0.3 is 39.6 Å². The second-order valence-electron chi connectivity index (χ2n) is 18.4. The van der Waals surface area contributed by atoms with Crippen LogP contribution in [0.25, 0.3) is 6.08 Å². The minimum Gasteiger partial charge on any atom is -0.460 e. The fraction of sp³-hybridized carbons (Fsp3) is 0.392. The van der Waals surface area contributed by atoms with Crippen LogP contribution in [0.1, 0.15) is 78.2 Å². The number of rotatable bonds is 15. The Morgan fingerprint density at radius 3 is 2.23 bits per heavy atom. The molecule has 15 heteroatoms. The predicted molar refractivity (Wildman–Crippen MR) is 240 cm³/mol. The maximum atomic E-state index is 15.2. The van der Waals surface area contributed by atoms with Crippen molar-refractivity contribution >= 4 is 35.7 Å². The van der Waals surface area contributed by atoms with Gasteiger partial charge in [-0.3, -0.25) is 28.8 Å². The Morgan fingerprint density at radius 2 is 1.56 bits per heavy atom. The Kier molecular flexibility index (Phi) is 13.3. The number of carbonyl (C=O) groups excluding carboxylic acids is 5. The summed E-state index contributed by atoms with van der Waals surface area (Å²) < 4.78 is 25.7. The number of fused-ring (bicyclic) bond motifs is 4. The van der Waals surface area contributed by atoms with E-state index in [9.17, 15) is 24.3 Å². The van der Waals surface area contributed by atoms with Gasteiger partial charge in [0.25, 0.3) is 5.91 Å². The number of aliphatic hydroxyl groups excluding tert-OH is 1. The van der Waals surface area contributed by atoms with Gasteiger partial charge in [0.2, 0.25) is 17.6 Å². The number of esters is 2. The molecule has 0 unspecified atom stereocenters. The fourth-order valence-corrected chi connectivity index (χ4v) is 9.31. The standard InChI is InChI=1S/C51H56N4O11/c1-49(2,3)63-41(58)25-23-38(31-56)53-46(59)35-17-13-15-33(27-35)29-52-48(61)50-28-39-42-43(65-51(64-42,36-18-8-6-9-19-36)37-20-10-7-11-21-37)45(50)66-55(44(50)47(60)62-39)30-34-16-12-14-32(26-34)22-24-40(57)54(4)5/h6-22,24,26-27,38-39,42-45,56H,23,25,28-31H2,1-5H3,(H,52,61)(H,53,59)/t38-,39+,42-,43-,44-,45+,50-/m0/s1. The summed E-state index contributed by atoms with van der Waals surface area (Å²) in [6.45, 7) is 5.00. The van der Waals surface area contributed by atoms with Crippen LogP contribution in [-0.2, 0) is 61.8 Å². The number of ether oxygens (including phenoxy) is 4. The molecule has 3 aliphatic heterocycles. The summed E-state index contributed by atoms with van der Waals surface area (Å²) in [6.07, 6.45) is -0.140. The molecule has 66 heavy (non-hydrogen) atoms. The number of nitrogens with one attached hydrogen (secondary N) is 2. The zero-order valence-electron chi connectivity index (χ0n) is 37.7. The van der Waals surface area contributed by atoms with Gasteiger partial charge in [-0.15, -0.1) is 0 Å². The molecule has 1 saturated carbocycles. The summed E-state index contributed by atoms with van der Waals surface area (Å²) in [4.78, 5) is 76.0. The quantitative estimate of drug-likeness (QED) is 0.110. The van der Waals surface area contributed by atoms with Gasteiger partial charge in [0.05, 0.1) is 19.2 Å². The number of likely N-dealkylation sites (N-methyl/N-ethyl adjacent to an activating group) is 1. The Bertz CT molecular complexity index is 2430. The van der Waals surface area contributed by atoms with Crippen molar-refractivity contribution in [3.8, 4) is 0 Å². The first-order valence-corrected chi connectivity index (χ1v) is 22.2. The van der Waals surface area contributed by atoms with E-state index < -0.39 is 77.1 Å². The van der Waals surface area contributed by atoms with E-state index in [4.69, 9.17) is 23.8 Å². The molecule has 15 nitrogen and oxygen atoms in total. The highest BCUT2D eigenvalue weighted by atomic mass is 16.8. The smallest absolute Gasteiger partial charge is 0.327 e. The van der Waals surface area contributed by atoms with Crippen molar-refractivity contribution in [3.05, 3.63) is 149 Å². The average molecular weight is 901 g/mol. The van der Waals surface area contributed by atoms with E-state index in [0.29, 0.717) is 16.7 Å². The first-order chi connectivity index (χ1) is 31.6. The molecule has 7 atom stereocenters. The monoisotopic (exact) mass is 900 g/mol. The van der Waals surface area contributed by atoms with E-state index in [1.165, 1.54) is 16.0 Å². The van der Waals surface area contributed by atoms with Crippen LogP contribution >= 0.6 is 0 Å². The zero-order valence-corrected chi connectivity index (χ0v) is 37.7. The molecule has 2 bridgehead atoms. The molecule has 346 valence electrons. The number of benzene rings is 4. The highest BCUT2D eigenvalue weighted by Crippen LogP contribution is 2.59. The lowest BCUT2D eigenvalue weighted by atomic mass is 9.62. The summed E-state index contributed by atoms with van der Waals surface area (Å²) in [5, 5.41) is 17.4. The molecule has 3 saturated heterocycles. The molecule has 0 radical (unpaired) electrons. The normalized spacial score (nSPS) is 24.5. The van der Waals surface area contributed by atoms with Gasteiger partial charge in [-0.25, -0.2) is 0 Å². The third-order valence-corrected chi connectivity index (χ3v) is 12.3. The highest BCUT2D eigenvalue weighted by Gasteiger charge is 2.76. The van der Waals surface area contributed by atoms with E-state index in [-0.39, 0.29) is 50.4 Å². The van der Waals surface area contributed by atoms with Gasteiger partial charge in [0.1, 0.15) is 35.4 Å². The third kappa shape index (κ3) is 9.40. The molecule has 3 amide bonds. The van der Waals surface area contributed by atoms with Crippen LogP contribution in [0.15, 0.2) is 115 Å². The van der Waals surface area contributed by atoms with Crippen LogP contribution in [0.3, 0.4) is 0 Å². The van der Waals surface area contributed by atoms with Crippen LogP contribution in [0.5, 0.6) is 0 Å². The lowest BCUT2D eigenvalue weighted by Gasteiger charge is -2.48. The maximum absolute atomic E-state index is 15.2. The average Bonchev–Trinajstić information content (AvgIpc) is 3.88. The van der Waals surface area contributed by atoms with Gasteiger partial charge >= 0.3 is 11.9 Å². The number of hydroxylamine groups is 2. The minimum absolute atomic E-state index is 0.00754. The van der Waals surface area contributed by atoms with Crippen LogP contribution in [-0.4, -0.2) is 108 Å². The second kappa shape index (κ2) is 18.9. The van der Waals surface area contributed by atoms with Crippen molar-refractivity contribution in [1.29, 1.82) is 0 Å². The summed E-state index contributed by atoms with van der Waals surface area (Å²) >= 11 is 0. The number of hydrogen-bond acceptors (Lipinski definition) is 12. The van der Waals surface area contributed by atoms with Crippen LogP contribution in [0.2, 0.25) is 0 Å². The summed E-state index contributed by atoms with van der Waals surface area (Å²) in [6, 6.07) is 31.3. The lowest BCUT2D eigenvalue weighted by molar-refractivity contribution is -0.213. The fourth-order valence-electron chi connectivity index (χ4n) is 9.31. The summed E-state index contributed by atoms with van der Waals surface area (Å²) in [5.41, 5.74) is 1.65. The first kappa shape index (κ1) is 46.3. The number of amides is 3. The van der Waals surface area contributed by atoms with E-state index in [1.807, 2.05) is 84.9 Å². The Morgan fingerprint density at radius 1 is 0.894 bits per heavy atom. The minimum atomic E-state index is -1.51. The van der Waals surface area contributed by atoms with Crippen molar-refractivity contribution < 1.29 is 52.9 Å². The molecule has 1 aliphatic carbocycles. The zero-order chi connectivity index (χ0) is 46.8. The maximum Gasteiger partial charge on any atom is 0.327 e. The highest BCUT2D eigenvalue weighted by molar-refractivity contribution is 5.95. The number of nitrogens with zero attached hydrogens (tertiary/aromatic N) is 2. The molecule has 3 heterocycles. The lowest BCUT2D eigenvalue weighted by Crippen LogP contribution is -2.69. The van der Waals surface area contributed by atoms with E-state index in [0.717, 1.165) is 11.1 Å². The number of aliphatic hydroxyl groups is 1. The van der Waals surface area contributed by atoms with Crippen molar-refractivity contribution in [2.45, 2.75) is 101 Å². The van der Waals surface area contributed by atoms with Gasteiger partial charge in [-0.2, -0.15) is 5.06 Å². The van der Waals surface area contributed by atoms with E-state index in [1.54, 1.807) is 65.2 Å². The molecule has 4 fully saturated rings. The summed E-state index contributed by atoms with van der Waals surface area (Å²) in [5.74, 6) is -3.60. The van der Waals surface area contributed by atoms with Gasteiger partial charge in [0, 0.05) is 56.2 Å². The molecule has 8 rings (SSSR count). The Balaban J connectivity index is 1.08. The molecule has 0 aromatic heterocycles. The van der Waals surface area contributed by atoms with Crippen LogP contribution in [0, 0.1) is 5.41 Å². The molecule has 4 aromatic carbocycles. The van der Waals surface area contributed by atoms with Gasteiger partial charge in [0.15, 0.2) is 6.04 Å². The summed E-state index contributed by atoms with van der Waals surface area (Å²) in [7, 11) is 3.34. The molecule has 3 N–H and O–H groups in total. The van der Waals surface area contributed by atoms with E-state index >= 15 is 4.79 Å².